The van der Waals surface area contributed by atoms with Gasteiger partial charge < -0.3 is 9.64 Å². The molecule has 1 atom stereocenters. The molecule has 0 unspecified atom stereocenters. The van der Waals surface area contributed by atoms with Crippen molar-refractivity contribution < 1.29 is 14.3 Å². The van der Waals surface area contributed by atoms with Gasteiger partial charge in [-0.25, -0.2) is 4.68 Å². The first-order valence-electron chi connectivity index (χ1n) is 7.93. The smallest absolute Gasteiger partial charge is 0.305 e. The van der Waals surface area contributed by atoms with Crippen molar-refractivity contribution in [2.45, 2.75) is 50.5 Å². The summed E-state index contributed by atoms with van der Waals surface area (Å²) < 4.78 is 6.49. The highest BCUT2D eigenvalue weighted by atomic mass is 16.5. The summed E-state index contributed by atoms with van der Waals surface area (Å²) in [6.07, 6.45) is 6.62. The molecule has 0 spiro atoms. The molecule has 2 aliphatic rings. The summed E-state index contributed by atoms with van der Waals surface area (Å²) in [4.78, 5) is 25.1. The molecule has 22 heavy (non-hydrogen) atoms. The van der Waals surface area contributed by atoms with Crippen molar-refractivity contribution in [2.75, 3.05) is 20.2 Å². The normalized spacial score (nSPS) is 21.1. The zero-order chi connectivity index (χ0) is 15.5. The number of hydrogen-bond acceptors (Lipinski definition) is 5. The van der Waals surface area contributed by atoms with Crippen LogP contribution >= 0.6 is 0 Å². The van der Waals surface area contributed by atoms with Crippen molar-refractivity contribution >= 4 is 11.9 Å². The Labute approximate surface area is 129 Å². The third-order valence-electron chi connectivity index (χ3n) is 4.41. The van der Waals surface area contributed by atoms with Crippen molar-refractivity contribution in [2.24, 2.45) is 0 Å². The lowest BCUT2D eigenvalue weighted by Crippen LogP contribution is -2.29. The lowest BCUT2D eigenvalue weighted by atomic mass is 10.2. The van der Waals surface area contributed by atoms with Gasteiger partial charge in [-0.15, -0.1) is 5.10 Å². The van der Waals surface area contributed by atoms with Crippen LogP contribution in [0.15, 0.2) is 6.20 Å². The van der Waals surface area contributed by atoms with Gasteiger partial charge in [-0.3, -0.25) is 9.59 Å². The maximum Gasteiger partial charge on any atom is 0.305 e. The number of ether oxygens (including phenoxy) is 1. The molecule has 1 aliphatic heterocycles. The number of aromatic nitrogens is 3. The molecule has 1 aromatic heterocycles. The van der Waals surface area contributed by atoms with Gasteiger partial charge in [-0.2, -0.15) is 0 Å². The van der Waals surface area contributed by atoms with E-state index in [0.29, 0.717) is 31.7 Å². The second-order valence-electron chi connectivity index (χ2n) is 6.11. The average molecular weight is 306 g/mol. The second-order valence-corrected chi connectivity index (χ2v) is 6.11. The number of nitrogens with zero attached hydrogens (tertiary/aromatic N) is 4. The monoisotopic (exact) mass is 306 g/mol. The fraction of sp³-hybridized carbons (Fsp3) is 0.733. The topological polar surface area (TPSA) is 77.3 Å². The Hall–Kier alpha value is -1.92. The molecule has 7 heteroatoms. The molecule has 120 valence electrons. The minimum absolute atomic E-state index is 0.105. The molecule has 2 heterocycles. The summed E-state index contributed by atoms with van der Waals surface area (Å²) in [5, 5.41) is 8.45. The summed E-state index contributed by atoms with van der Waals surface area (Å²) in [6, 6.07) is 0.226. The number of carbonyl (C=O) groups is 2. The van der Waals surface area contributed by atoms with Crippen LogP contribution in [0.3, 0.4) is 0 Å². The van der Waals surface area contributed by atoms with Gasteiger partial charge in [0.05, 0.1) is 18.8 Å². The van der Waals surface area contributed by atoms with Crippen LogP contribution in [0.2, 0.25) is 0 Å². The van der Waals surface area contributed by atoms with Crippen LogP contribution in [0.1, 0.15) is 56.2 Å². The van der Waals surface area contributed by atoms with E-state index in [1.807, 2.05) is 15.8 Å². The van der Waals surface area contributed by atoms with Gasteiger partial charge in [0.1, 0.15) is 0 Å². The van der Waals surface area contributed by atoms with E-state index in [1.165, 1.54) is 20.0 Å². The van der Waals surface area contributed by atoms with E-state index in [9.17, 15) is 9.59 Å². The molecule has 1 saturated heterocycles. The van der Waals surface area contributed by atoms with Gasteiger partial charge in [0.25, 0.3) is 0 Å². The summed E-state index contributed by atoms with van der Waals surface area (Å²) >= 11 is 0. The first-order valence-corrected chi connectivity index (χ1v) is 7.93. The molecule has 0 aromatic carbocycles. The van der Waals surface area contributed by atoms with Crippen LogP contribution < -0.4 is 0 Å². The number of likely N-dealkylation sites (tertiary alicyclic amines) is 1. The maximum absolute atomic E-state index is 12.1. The van der Waals surface area contributed by atoms with Gasteiger partial charge in [0, 0.05) is 38.0 Å². The van der Waals surface area contributed by atoms with Crippen molar-refractivity contribution in [3.8, 4) is 0 Å². The SMILES string of the molecule is COC(=O)CCCC(=O)N1CC[C@@H](n2cc(C3CC3)nn2)C1. The number of amides is 1. The quantitative estimate of drug-likeness (QED) is 0.740. The Morgan fingerprint density at radius 3 is 2.86 bits per heavy atom. The second kappa shape index (κ2) is 6.46. The van der Waals surface area contributed by atoms with Crippen LogP contribution in [0.4, 0.5) is 0 Å². The van der Waals surface area contributed by atoms with E-state index in [0.717, 1.165) is 18.7 Å². The average Bonchev–Trinajstić information content (AvgIpc) is 3.05. The van der Waals surface area contributed by atoms with Gasteiger partial charge >= 0.3 is 5.97 Å². The Bertz CT molecular complexity index is 553. The summed E-state index contributed by atoms with van der Waals surface area (Å²) in [5.41, 5.74) is 1.09. The van der Waals surface area contributed by atoms with Crippen LogP contribution in [-0.4, -0.2) is 52.0 Å². The molecular weight excluding hydrogens is 284 g/mol. The van der Waals surface area contributed by atoms with Crippen molar-refractivity contribution in [3.63, 3.8) is 0 Å². The highest BCUT2D eigenvalue weighted by molar-refractivity contribution is 5.77. The fourth-order valence-corrected chi connectivity index (χ4v) is 2.86. The summed E-state index contributed by atoms with van der Waals surface area (Å²) in [6.45, 7) is 1.44. The minimum atomic E-state index is -0.262. The van der Waals surface area contributed by atoms with E-state index < -0.39 is 0 Å². The predicted octanol–water partition coefficient (Wildman–Crippen LogP) is 1.27. The molecule has 0 radical (unpaired) electrons. The first-order chi connectivity index (χ1) is 10.7. The Kier molecular flexibility index (Phi) is 4.40. The van der Waals surface area contributed by atoms with E-state index in [4.69, 9.17) is 0 Å². The molecule has 3 rings (SSSR count). The predicted molar refractivity (Wildman–Crippen MR) is 78.1 cm³/mol. The van der Waals surface area contributed by atoms with E-state index >= 15 is 0 Å². The third-order valence-corrected chi connectivity index (χ3v) is 4.41. The third kappa shape index (κ3) is 3.45. The molecule has 1 aromatic rings. The Balaban J connectivity index is 1.46. The fourth-order valence-electron chi connectivity index (χ4n) is 2.86. The van der Waals surface area contributed by atoms with Gasteiger partial charge in [-0.1, -0.05) is 5.21 Å². The Morgan fingerprint density at radius 2 is 2.14 bits per heavy atom. The zero-order valence-electron chi connectivity index (χ0n) is 12.9. The highest BCUT2D eigenvalue weighted by Gasteiger charge is 2.30. The zero-order valence-corrected chi connectivity index (χ0v) is 12.9. The summed E-state index contributed by atoms with van der Waals surface area (Å²) in [7, 11) is 1.36. The van der Waals surface area contributed by atoms with Crippen molar-refractivity contribution in [3.05, 3.63) is 11.9 Å². The van der Waals surface area contributed by atoms with E-state index in [-0.39, 0.29) is 17.9 Å². The van der Waals surface area contributed by atoms with Gasteiger partial charge in [0.2, 0.25) is 5.91 Å². The standard InChI is InChI=1S/C15H22N4O3/c1-22-15(21)4-2-3-14(20)18-8-7-12(9-18)19-10-13(16-17-19)11-5-6-11/h10-12H,2-9H2,1H3/t12-/m1/s1. The molecular formula is C15H22N4O3. The summed E-state index contributed by atoms with van der Waals surface area (Å²) in [5.74, 6) is 0.447. The lowest BCUT2D eigenvalue weighted by Gasteiger charge is -2.16. The number of rotatable bonds is 6. The van der Waals surface area contributed by atoms with Crippen LogP contribution in [0.5, 0.6) is 0 Å². The molecule has 1 saturated carbocycles. The van der Waals surface area contributed by atoms with E-state index in [1.54, 1.807) is 0 Å². The minimum Gasteiger partial charge on any atom is -0.469 e. The van der Waals surface area contributed by atoms with Crippen LogP contribution in [0, 0.1) is 0 Å². The maximum atomic E-state index is 12.1. The van der Waals surface area contributed by atoms with Gasteiger partial charge in [0.15, 0.2) is 0 Å². The molecule has 2 fully saturated rings. The van der Waals surface area contributed by atoms with E-state index in [2.05, 4.69) is 15.0 Å². The first kappa shape index (κ1) is 15.0. The van der Waals surface area contributed by atoms with Crippen LogP contribution in [-0.2, 0) is 14.3 Å². The van der Waals surface area contributed by atoms with Crippen molar-refractivity contribution in [1.29, 1.82) is 0 Å². The molecule has 0 bridgehead atoms. The van der Waals surface area contributed by atoms with Crippen molar-refractivity contribution in [1.82, 2.24) is 19.9 Å². The molecule has 0 N–H and O–H groups in total. The number of hydrogen-bond donors (Lipinski definition) is 0. The van der Waals surface area contributed by atoms with Gasteiger partial charge in [-0.05, 0) is 25.7 Å². The number of esters is 1. The largest absolute Gasteiger partial charge is 0.469 e. The Morgan fingerprint density at radius 1 is 1.32 bits per heavy atom. The highest BCUT2D eigenvalue weighted by Crippen LogP contribution is 2.39. The number of methoxy groups -OCH3 is 1. The molecule has 1 aliphatic carbocycles. The molecule has 7 nitrogen and oxygen atoms in total. The van der Waals surface area contributed by atoms with Crippen LogP contribution in [0.25, 0.3) is 0 Å². The molecule has 1 amide bonds. The lowest BCUT2D eigenvalue weighted by molar-refractivity contribution is -0.140. The number of carbonyl (C=O) groups excluding carboxylic acids is 2.